The van der Waals surface area contributed by atoms with Gasteiger partial charge in [0.25, 0.3) is 0 Å². The van der Waals surface area contributed by atoms with Crippen LogP contribution in [0.1, 0.15) is 39.5 Å². The third kappa shape index (κ3) is 4.93. The largest absolute Gasteiger partial charge is 0.302 e. The summed E-state index contributed by atoms with van der Waals surface area (Å²) in [6.07, 6.45) is 3.92. The third-order valence-corrected chi connectivity index (χ3v) is 5.02. The number of aromatic nitrogens is 1. The Bertz CT molecular complexity index is 672. The minimum Gasteiger partial charge on any atom is -0.302 e. The van der Waals surface area contributed by atoms with Crippen LogP contribution in [-0.2, 0) is 4.79 Å². The van der Waals surface area contributed by atoms with E-state index in [1.54, 1.807) is 12.1 Å². The van der Waals surface area contributed by atoms with E-state index < -0.39 is 0 Å². The van der Waals surface area contributed by atoms with E-state index in [9.17, 15) is 4.79 Å². The van der Waals surface area contributed by atoms with E-state index in [2.05, 4.69) is 17.2 Å². The fraction of sp³-hybridized carbons (Fsp3) is 0.412. The number of thiazole rings is 1. The molecule has 1 aromatic heterocycles. The van der Waals surface area contributed by atoms with Gasteiger partial charge in [-0.15, -0.1) is 11.3 Å². The minimum atomic E-state index is 0.0430. The van der Waals surface area contributed by atoms with Crippen LogP contribution < -0.4 is 5.32 Å². The molecule has 0 fully saturated rings. The second-order valence-corrected chi connectivity index (χ2v) is 7.10. The molecule has 2 aromatic rings. The maximum atomic E-state index is 12.3. The van der Waals surface area contributed by atoms with Crippen molar-refractivity contribution in [3.63, 3.8) is 0 Å². The Morgan fingerprint density at radius 3 is 2.78 bits per heavy atom. The first-order chi connectivity index (χ1) is 11.0. The van der Waals surface area contributed by atoms with Crippen LogP contribution in [0.2, 0.25) is 10.0 Å². The van der Waals surface area contributed by atoms with Crippen molar-refractivity contribution in [3.05, 3.63) is 33.6 Å². The summed E-state index contributed by atoms with van der Waals surface area (Å²) in [4.78, 5) is 16.8. The van der Waals surface area contributed by atoms with Gasteiger partial charge in [-0.1, -0.05) is 49.9 Å². The lowest BCUT2D eigenvalue weighted by atomic mass is 9.99. The first-order valence-corrected chi connectivity index (χ1v) is 9.40. The van der Waals surface area contributed by atoms with E-state index in [-0.39, 0.29) is 11.8 Å². The Morgan fingerprint density at radius 2 is 2.13 bits per heavy atom. The van der Waals surface area contributed by atoms with Crippen molar-refractivity contribution in [2.75, 3.05) is 5.32 Å². The summed E-state index contributed by atoms with van der Waals surface area (Å²) in [5.41, 5.74) is 1.56. The summed E-state index contributed by atoms with van der Waals surface area (Å²) in [6.45, 7) is 4.17. The second kappa shape index (κ2) is 8.67. The normalized spacial score (nSPS) is 12.2. The zero-order valence-electron chi connectivity index (χ0n) is 13.2. The monoisotopic (exact) mass is 370 g/mol. The molecule has 0 radical (unpaired) electrons. The maximum absolute atomic E-state index is 12.3. The molecule has 124 valence electrons. The van der Waals surface area contributed by atoms with E-state index >= 15 is 0 Å². The molecule has 1 N–H and O–H groups in total. The summed E-state index contributed by atoms with van der Waals surface area (Å²) in [5, 5.41) is 6.55. The highest BCUT2D eigenvalue weighted by Gasteiger charge is 2.17. The predicted molar refractivity (Wildman–Crippen MR) is 99.5 cm³/mol. The van der Waals surface area contributed by atoms with Crippen LogP contribution in [0.5, 0.6) is 0 Å². The van der Waals surface area contributed by atoms with Crippen molar-refractivity contribution in [2.24, 2.45) is 5.92 Å². The average Bonchev–Trinajstić information content (AvgIpc) is 2.96. The molecule has 2 rings (SSSR count). The van der Waals surface area contributed by atoms with E-state index in [1.807, 2.05) is 18.4 Å². The highest BCUT2D eigenvalue weighted by atomic mass is 35.5. The number of rotatable bonds is 7. The van der Waals surface area contributed by atoms with Gasteiger partial charge in [0.2, 0.25) is 5.91 Å². The minimum absolute atomic E-state index is 0.0430. The summed E-state index contributed by atoms with van der Waals surface area (Å²) in [5.74, 6) is 0.0884. The predicted octanol–water partition coefficient (Wildman–Crippen LogP) is 6.27. The van der Waals surface area contributed by atoms with Crippen molar-refractivity contribution >= 4 is 45.6 Å². The van der Waals surface area contributed by atoms with Crippen LogP contribution in [0.15, 0.2) is 23.6 Å². The van der Waals surface area contributed by atoms with Gasteiger partial charge in [0.05, 0.1) is 10.7 Å². The summed E-state index contributed by atoms with van der Waals surface area (Å²) in [7, 11) is 0. The molecule has 3 nitrogen and oxygen atoms in total. The number of hydrogen-bond donors (Lipinski definition) is 1. The Labute approximate surface area is 151 Å². The number of hydrogen-bond acceptors (Lipinski definition) is 3. The van der Waals surface area contributed by atoms with E-state index in [0.29, 0.717) is 15.2 Å². The van der Waals surface area contributed by atoms with Crippen molar-refractivity contribution in [1.82, 2.24) is 4.98 Å². The number of halogens is 2. The SMILES string of the molecule is CCCCC(CC)C(=O)Nc1nc(-c2ccc(Cl)cc2Cl)cs1. The molecule has 6 heteroatoms. The highest BCUT2D eigenvalue weighted by molar-refractivity contribution is 7.14. The molecule has 1 amide bonds. The number of unbranched alkanes of at least 4 members (excludes halogenated alkanes) is 1. The first-order valence-electron chi connectivity index (χ1n) is 7.77. The van der Waals surface area contributed by atoms with Gasteiger partial charge >= 0.3 is 0 Å². The number of anilines is 1. The zero-order chi connectivity index (χ0) is 16.8. The molecule has 0 saturated heterocycles. The summed E-state index contributed by atoms with van der Waals surface area (Å²) < 4.78 is 0. The van der Waals surface area contributed by atoms with Gasteiger partial charge in [-0.25, -0.2) is 4.98 Å². The van der Waals surface area contributed by atoms with Crippen LogP contribution in [0.25, 0.3) is 11.3 Å². The molecular formula is C17H20Cl2N2OS. The van der Waals surface area contributed by atoms with Crippen LogP contribution in [0.3, 0.4) is 0 Å². The molecular weight excluding hydrogens is 351 g/mol. The van der Waals surface area contributed by atoms with Crippen molar-refractivity contribution in [2.45, 2.75) is 39.5 Å². The van der Waals surface area contributed by atoms with Gasteiger partial charge in [-0.05, 0) is 31.0 Å². The molecule has 23 heavy (non-hydrogen) atoms. The summed E-state index contributed by atoms with van der Waals surface area (Å²) >= 11 is 13.5. The van der Waals surface area contributed by atoms with Gasteiger partial charge in [0.15, 0.2) is 5.13 Å². The molecule has 0 aliphatic heterocycles. The Morgan fingerprint density at radius 1 is 1.35 bits per heavy atom. The maximum Gasteiger partial charge on any atom is 0.229 e. The van der Waals surface area contributed by atoms with Crippen LogP contribution in [0, 0.1) is 5.92 Å². The van der Waals surface area contributed by atoms with Crippen molar-refractivity contribution in [3.8, 4) is 11.3 Å². The quantitative estimate of drug-likeness (QED) is 0.623. The smallest absolute Gasteiger partial charge is 0.229 e. The number of nitrogens with zero attached hydrogens (tertiary/aromatic N) is 1. The molecule has 0 aliphatic rings. The Balaban J connectivity index is 2.08. The molecule has 0 aliphatic carbocycles. The molecule has 0 bridgehead atoms. The molecule has 0 spiro atoms. The number of carbonyl (C=O) groups excluding carboxylic acids is 1. The van der Waals surface area contributed by atoms with Gasteiger partial charge in [-0.3, -0.25) is 4.79 Å². The molecule has 1 unspecified atom stereocenters. The first kappa shape index (κ1) is 18.2. The lowest BCUT2D eigenvalue weighted by molar-refractivity contribution is -0.120. The highest BCUT2D eigenvalue weighted by Crippen LogP contribution is 2.32. The number of carbonyl (C=O) groups is 1. The van der Waals surface area contributed by atoms with Crippen LogP contribution >= 0.6 is 34.5 Å². The molecule has 1 heterocycles. The topological polar surface area (TPSA) is 42.0 Å². The lowest BCUT2D eigenvalue weighted by Gasteiger charge is -2.12. The molecule has 0 saturated carbocycles. The van der Waals surface area contributed by atoms with Gasteiger partial charge in [0, 0.05) is 21.9 Å². The van der Waals surface area contributed by atoms with E-state index in [1.165, 1.54) is 11.3 Å². The van der Waals surface area contributed by atoms with Gasteiger partial charge < -0.3 is 5.32 Å². The number of benzene rings is 1. The standard InChI is InChI=1S/C17H20Cl2N2OS/c1-3-5-6-11(4-2)16(22)21-17-20-15(10-23-17)13-8-7-12(18)9-14(13)19/h7-11H,3-6H2,1-2H3,(H,20,21,22). The number of nitrogens with one attached hydrogen (secondary N) is 1. The van der Waals surface area contributed by atoms with Gasteiger partial charge in [-0.2, -0.15) is 0 Å². The molecule has 1 atom stereocenters. The fourth-order valence-electron chi connectivity index (χ4n) is 2.33. The average molecular weight is 371 g/mol. The van der Waals surface area contributed by atoms with Crippen molar-refractivity contribution < 1.29 is 4.79 Å². The van der Waals surface area contributed by atoms with Crippen LogP contribution in [0.4, 0.5) is 5.13 Å². The second-order valence-electron chi connectivity index (χ2n) is 5.40. The summed E-state index contributed by atoms with van der Waals surface area (Å²) in [6, 6.07) is 5.30. The van der Waals surface area contributed by atoms with E-state index in [0.717, 1.165) is 36.9 Å². The van der Waals surface area contributed by atoms with Gasteiger partial charge in [0.1, 0.15) is 0 Å². The van der Waals surface area contributed by atoms with E-state index in [4.69, 9.17) is 23.2 Å². The fourth-order valence-corrected chi connectivity index (χ4v) is 3.55. The Hall–Kier alpha value is -1.10. The number of amides is 1. The van der Waals surface area contributed by atoms with Crippen LogP contribution in [-0.4, -0.2) is 10.9 Å². The third-order valence-electron chi connectivity index (χ3n) is 3.71. The molecule has 1 aromatic carbocycles. The van der Waals surface area contributed by atoms with Crippen molar-refractivity contribution in [1.29, 1.82) is 0 Å². The Kier molecular flexibility index (Phi) is 6.88. The lowest BCUT2D eigenvalue weighted by Crippen LogP contribution is -2.22. The zero-order valence-corrected chi connectivity index (χ0v) is 15.6.